The van der Waals surface area contributed by atoms with Gasteiger partial charge >= 0.3 is 5.97 Å². The molecule has 0 radical (unpaired) electrons. The molecule has 0 aromatic heterocycles. The van der Waals surface area contributed by atoms with Gasteiger partial charge in [-0.25, -0.2) is 4.79 Å². The van der Waals surface area contributed by atoms with Crippen LogP contribution < -0.4 is 0 Å². The van der Waals surface area contributed by atoms with E-state index in [9.17, 15) is 9.90 Å². The standard InChI is InChI=1S/C19H26O7/c1-18(2)23-11-14(24-18)16-15(25-19(3,4)26-16)13(20)10-22-17(21)12-8-6-5-7-9-12/h5-9,13-16,20H,10-11H2,1-4H3/t13-,14-,15-,16-/m1/s1. The molecule has 26 heavy (non-hydrogen) atoms. The zero-order chi connectivity index (χ0) is 18.9. The van der Waals surface area contributed by atoms with Crippen molar-refractivity contribution in [3.8, 4) is 0 Å². The van der Waals surface area contributed by atoms with E-state index in [0.29, 0.717) is 12.2 Å². The first-order valence-electron chi connectivity index (χ1n) is 8.74. The molecule has 2 aliphatic rings. The van der Waals surface area contributed by atoms with Gasteiger partial charge < -0.3 is 28.8 Å². The number of aliphatic hydroxyl groups excluding tert-OH is 1. The number of carbonyl (C=O) groups excluding carboxylic acids is 1. The Kier molecular flexibility index (Phi) is 5.37. The van der Waals surface area contributed by atoms with Crippen LogP contribution >= 0.6 is 0 Å². The summed E-state index contributed by atoms with van der Waals surface area (Å²) in [7, 11) is 0. The molecule has 2 heterocycles. The third-order valence-electron chi connectivity index (χ3n) is 4.33. The molecule has 7 heteroatoms. The predicted molar refractivity (Wildman–Crippen MR) is 91.5 cm³/mol. The van der Waals surface area contributed by atoms with Gasteiger partial charge in [-0.15, -0.1) is 0 Å². The number of esters is 1. The molecule has 2 saturated heterocycles. The number of benzene rings is 1. The lowest BCUT2D eigenvalue weighted by Crippen LogP contribution is -2.45. The number of hydrogen-bond donors (Lipinski definition) is 1. The van der Waals surface area contributed by atoms with Gasteiger partial charge in [0.25, 0.3) is 0 Å². The van der Waals surface area contributed by atoms with Crippen LogP contribution in [0.5, 0.6) is 0 Å². The van der Waals surface area contributed by atoms with Crippen LogP contribution in [0.25, 0.3) is 0 Å². The molecule has 0 saturated carbocycles. The van der Waals surface area contributed by atoms with Gasteiger partial charge in [0.2, 0.25) is 0 Å². The number of aliphatic hydroxyl groups is 1. The quantitative estimate of drug-likeness (QED) is 0.797. The largest absolute Gasteiger partial charge is 0.459 e. The molecule has 3 rings (SSSR count). The second kappa shape index (κ2) is 7.25. The van der Waals surface area contributed by atoms with Crippen LogP contribution in [0.2, 0.25) is 0 Å². The molecular formula is C19H26O7. The maximum Gasteiger partial charge on any atom is 0.338 e. The summed E-state index contributed by atoms with van der Waals surface area (Å²) in [5.41, 5.74) is 0.425. The lowest BCUT2D eigenvalue weighted by atomic mass is 10.0. The van der Waals surface area contributed by atoms with Crippen LogP contribution in [0, 0.1) is 0 Å². The Labute approximate surface area is 153 Å². The zero-order valence-electron chi connectivity index (χ0n) is 15.5. The maximum atomic E-state index is 12.1. The average Bonchev–Trinajstić information content (AvgIpc) is 3.11. The number of hydrogen-bond acceptors (Lipinski definition) is 7. The van der Waals surface area contributed by atoms with E-state index >= 15 is 0 Å². The van der Waals surface area contributed by atoms with Crippen molar-refractivity contribution < 1.29 is 33.6 Å². The third-order valence-corrected chi connectivity index (χ3v) is 4.33. The van der Waals surface area contributed by atoms with Gasteiger partial charge in [0.1, 0.15) is 31.0 Å². The summed E-state index contributed by atoms with van der Waals surface area (Å²) in [4.78, 5) is 12.1. The van der Waals surface area contributed by atoms with Crippen molar-refractivity contribution in [1.29, 1.82) is 0 Å². The highest BCUT2D eigenvalue weighted by molar-refractivity contribution is 5.89. The summed E-state index contributed by atoms with van der Waals surface area (Å²) in [5, 5.41) is 10.6. The van der Waals surface area contributed by atoms with Crippen molar-refractivity contribution in [2.24, 2.45) is 0 Å². The van der Waals surface area contributed by atoms with E-state index in [2.05, 4.69) is 0 Å². The van der Waals surface area contributed by atoms with Crippen LogP contribution in [0.1, 0.15) is 38.1 Å². The highest BCUT2D eigenvalue weighted by Crippen LogP contribution is 2.36. The first-order valence-corrected chi connectivity index (χ1v) is 8.74. The lowest BCUT2D eigenvalue weighted by molar-refractivity contribution is -0.175. The van der Waals surface area contributed by atoms with E-state index in [1.54, 1.807) is 38.1 Å². The van der Waals surface area contributed by atoms with E-state index in [4.69, 9.17) is 23.7 Å². The van der Waals surface area contributed by atoms with Crippen molar-refractivity contribution in [3.63, 3.8) is 0 Å². The molecule has 0 amide bonds. The molecule has 1 N–H and O–H groups in total. The van der Waals surface area contributed by atoms with E-state index in [0.717, 1.165) is 0 Å². The molecule has 144 valence electrons. The smallest absolute Gasteiger partial charge is 0.338 e. The van der Waals surface area contributed by atoms with E-state index in [1.807, 2.05) is 19.9 Å². The summed E-state index contributed by atoms with van der Waals surface area (Å²) in [6.45, 7) is 7.31. The van der Waals surface area contributed by atoms with Gasteiger partial charge in [0.15, 0.2) is 11.6 Å². The fourth-order valence-electron chi connectivity index (χ4n) is 3.19. The fourth-order valence-corrected chi connectivity index (χ4v) is 3.19. The number of ether oxygens (including phenoxy) is 5. The van der Waals surface area contributed by atoms with E-state index in [-0.39, 0.29) is 12.7 Å². The minimum Gasteiger partial charge on any atom is -0.459 e. The number of rotatable bonds is 5. The summed E-state index contributed by atoms with van der Waals surface area (Å²) in [6, 6.07) is 8.62. The number of carbonyl (C=O) groups is 1. The molecule has 0 aliphatic carbocycles. The molecule has 2 aliphatic heterocycles. The summed E-state index contributed by atoms with van der Waals surface area (Å²) >= 11 is 0. The Morgan fingerprint density at radius 2 is 1.85 bits per heavy atom. The van der Waals surface area contributed by atoms with Crippen molar-refractivity contribution >= 4 is 5.97 Å². The highest BCUT2D eigenvalue weighted by atomic mass is 16.8. The van der Waals surface area contributed by atoms with Gasteiger partial charge in [-0.3, -0.25) is 0 Å². The van der Waals surface area contributed by atoms with Gasteiger partial charge in [-0.1, -0.05) is 18.2 Å². The molecule has 7 nitrogen and oxygen atoms in total. The zero-order valence-corrected chi connectivity index (χ0v) is 15.5. The lowest BCUT2D eigenvalue weighted by Gasteiger charge is -2.26. The summed E-state index contributed by atoms with van der Waals surface area (Å²) < 4.78 is 28.4. The Bertz CT molecular complexity index is 628. The SMILES string of the molecule is CC1(C)O[C@H]([C@H](O)COC(=O)c2ccccc2)[C@@H]([C@H]2COC(C)(C)O2)O1. The molecule has 1 aromatic rings. The third kappa shape index (κ3) is 4.42. The Balaban J connectivity index is 1.62. The minimum atomic E-state index is -1.05. The molecule has 4 atom stereocenters. The molecule has 0 bridgehead atoms. The molecule has 2 fully saturated rings. The Morgan fingerprint density at radius 1 is 1.15 bits per heavy atom. The molecule has 0 spiro atoms. The molecule has 0 unspecified atom stereocenters. The normalized spacial score (nSPS) is 30.9. The first kappa shape index (κ1) is 19.3. The maximum absolute atomic E-state index is 12.1. The van der Waals surface area contributed by atoms with Crippen LogP contribution in [0.15, 0.2) is 30.3 Å². The van der Waals surface area contributed by atoms with Crippen molar-refractivity contribution in [3.05, 3.63) is 35.9 Å². The van der Waals surface area contributed by atoms with Crippen LogP contribution in [-0.4, -0.2) is 60.3 Å². The average molecular weight is 366 g/mol. The highest BCUT2D eigenvalue weighted by Gasteiger charge is 2.52. The van der Waals surface area contributed by atoms with Gasteiger partial charge in [0.05, 0.1) is 12.2 Å². The van der Waals surface area contributed by atoms with Gasteiger partial charge in [0, 0.05) is 0 Å². The van der Waals surface area contributed by atoms with Crippen LogP contribution in [0.3, 0.4) is 0 Å². The van der Waals surface area contributed by atoms with Crippen molar-refractivity contribution in [1.82, 2.24) is 0 Å². The second-order valence-corrected chi connectivity index (χ2v) is 7.46. The van der Waals surface area contributed by atoms with E-state index < -0.39 is 35.9 Å². The Morgan fingerprint density at radius 3 is 2.46 bits per heavy atom. The fraction of sp³-hybridized carbons (Fsp3) is 0.632. The van der Waals surface area contributed by atoms with Crippen molar-refractivity contribution in [2.45, 2.75) is 63.7 Å². The second-order valence-electron chi connectivity index (χ2n) is 7.46. The van der Waals surface area contributed by atoms with Crippen molar-refractivity contribution in [2.75, 3.05) is 13.2 Å². The predicted octanol–water partition coefficient (Wildman–Crippen LogP) is 1.88. The topological polar surface area (TPSA) is 83.5 Å². The van der Waals surface area contributed by atoms with Crippen LogP contribution in [0.4, 0.5) is 0 Å². The summed E-state index contributed by atoms with van der Waals surface area (Å²) in [5.74, 6) is -2.09. The van der Waals surface area contributed by atoms with Crippen LogP contribution in [-0.2, 0) is 23.7 Å². The summed E-state index contributed by atoms with van der Waals surface area (Å²) in [6.07, 6.45) is -2.66. The Hall–Kier alpha value is -1.51. The van der Waals surface area contributed by atoms with Gasteiger partial charge in [-0.05, 0) is 39.8 Å². The first-order chi connectivity index (χ1) is 12.2. The van der Waals surface area contributed by atoms with E-state index in [1.165, 1.54) is 0 Å². The molecule has 1 aromatic carbocycles. The monoisotopic (exact) mass is 366 g/mol. The molecular weight excluding hydrogens is 340 g/mol. The minimum absolute atomic E-state index is 0.203. The van der Waals surface area contributed by atoms with Gasteiger partial charge in [-0.2, -0.15) is 0 Å².